The van der Waals surface area contributed by atoms with E-state index in [1.54, 1.807) is 0 Å². The standard InChI is InChI=1S/C16H14Br2O/c1-2-11-3-6-13(7-4-11)16(19)14-8-5-12(10-17)9-15(14)18/h3-9H,2,10H2,1H3. The van der Waals surface area contributed by atoms with Crippen molar-refractivity contribution < 1.29 is 4.79 Å². The van der Waals surface area contributed by atoms with Crippen LogP contribution in [0.2, 0.25) is 0 Å². The Kier molecular flexibility index (Phi) is 4.94. The van der Waals surface area contributed by atoms with Gasteiger partial charge in [-0.3, -0.25) is 4.79 Å². The van der Waals surface area contributed by atoms with E-state index >= 15 is 0 Å². The highest BCUT2D eigenvalue weighted by molar-refractivity contribution is 9.10. The molecule has 0 aromatic heterocycles. The quantitative estimate of drug-likeness (QED) is 0.529. The van der Waals surface area contributed by atoms with Gasteiger partial charge in [0.25, 0.3) is 0 Å². The second-order valence-electron chi connectivity index (χ2n) is 4.33. The van der Waals surface area contributed by atoms with Gasteiger partial charge in [0.15, 0.2) is 5.78 Å². The third-order valence-corrected chi connectivity index (χ3v) is 4.36. The minimum atomic E-state index is 0.0515. The molecule has 0 fully saturated rings. The summed E-state index contributed by atoms with van der Waals surface area (Å²) in [4.78, 5) is 12.4. The second kappa shape index (κ2) is 6.49. The summed E-state index contributed by atoms with van der Waals surface area (Å²) in [5, 5.41) is 0.783. The van der Waals surface area contributed by atoms with Crippen molar-refractivity contribution >= 4 is 37.6 Å². The molecule has 0 heterocycles. The largest absolute Gasteiger partial charge is 0.289 e. The lowest BCUT2D eigenvalue weighted by Gasteiger charge is -2.06. The molecule has 0 saturated heterocycles. The number of benzene rings is 2. The molecule has 1 nitrogen and oxygen atoms in total. The number of hydrogen-bond acceptors (Lipinski definition) is 1. The van der Waals surface area contributed by atoms with Crippen molar-refractivity contribution in [2.45, 2.75) is 18.7 Å². The molecule has 0 aliphatic rings. The molecule has 19 heavy (non-hydrogen) atoms. The predicted molar refractivity (Wildman–Crippen MR) is 86.0 cm³/mol. The molecule has 2 rings (SSSR count). The maximum atomic E-state index is 12.4. The third kappa shape index (κ3) is 3.34. The van der Waals surface area contributed by atoms with Crippen molar-refractivity contribution in [3.63, 3.8) is 0 Å². The molecule has 2 aromatic carbocycles. The van der Waals surface area contributed by atoms with Gasteiger partial charge >= 0.3 is 0 Å². The minimum absolute atomic E-state index is 0.0515. The summed E-state index contributed by atoms with van der Waals surface area (Å²) in [6.07, 6.45) is 0.984. The van der Waals surface area contributed by atoms with Crippen LogP contribution >= 0.6 is 31.9 Å². The summed E-state index contributed by atoms with van der Waals surface area (Å²) in [5.74, 6) is 0.0515. The predicted octanol–water partition coefficient (Wildman–Crippen LogP) is 5.14. The van der Waals surface area contributed by atoms with E-state index in [0.29, 0.717) is 5.56 Å². The fraction of sp³-hybridized carbons (Fsp3) is 0.188. The fourth-order valence-corrected chi connectivity index (χ4v) is 2.83. The van der Waals surface area contributed by atoms with E-state index in [1.807, 2.05) is 42.5 Å². The molecule has 0 aliphatic carbocycles. The molecule has 0 N–H and O–H groups in total. The van der Waals surface area contributed by atoms with Gasteiger partial charge in [0, 0.05) is 20.9 Å². The van der Waals surface area contributed by atoms with Crippen LogP contribution in [0.15, 0.2) is 46.9 Å². The number of carbonyl (C=O) groups excluding carboxylic acids is 1. The van der Waals surface area contributed by atoms with Gasteiger partial charge < -0.3 is 0 Å². The van der Waals surface area contributed by atoms with Crippen LogP contribution in [0, 0.1) is 0 Å². The van der Waals surface area contributed by atoms with Gasteiger partial charge in [-0.25, -0.2) is 0 Å². The van der Waals surface area contributed by atoms with Gasteiger partial charge in [0.2, 0.25) is 0 Å². The van der Waals surface area contributed by atoms with Crippen LogP contribution in [0.1, 0.15) is 34.0 Å². The number of alkyl halides is 1. The first kappa shape index (κ1) is 14.5. The number of aryl methyl sites for hydroxylation is 1. The molecule has 0 radical (unpaired) electrons. The lowest BCUT2D eigenvalue weighted by atomic mass is 10.0. The summed E-state index contributed by atoms with van der Waals surface area (Å²) in [6, 6.07) is 13.6. The first-order valence-corrected chi connectivity index (χ1v) is 8.05. The Balaban J connectivity index is 2.32. The number of halogens is 2. The lowest BCUT2D eigenvalue weighted by molar-refractivity contribution is 0.103. The highest BCUT2D eigenvalue weighted by Gasteiger charge is 2.12. The van der Waals surface area contributed by atoms with E-state index in [2.05, 4.69) is 38.8 Å². The van der Waals surface area contributed by atoms with Crippen LogP contribution in [0.3, 0.4) is 0 Å². The highest BCUT2D eigenvalue weighted by Crippen LogP contribution is 2.23. The van der Waals surface area contributed by atoms with Crippen LogP contribution in [-0.2, 0) is 11.8 Å². The van der Waals surface area contributed by atoms with Crippen molar-refractivity contribution in [1.29, 1.82) is 0 Å². The van der Waals surface area contributed by atoms with E-state index in [1.165, 1.54) is 5.56 Å². The van der Waals surface area contributed by atoms with Gasteiger partial charge in [-0.15, -0.1) is 0 Å². The SMILES string of the molecule is CCc1ccc(C(=O)c2ccc(CBr)cc2Br)cc1. The summed E-state index contributed by atoms with van der Waals surface area (Å²) < 4.78 is 0.842. The van der Waals surface area contributed by atoms with Crippen molar-refractivity contribution in [2.75, 3.05) is 0 Å². The van der Waals surface area contributed by atoms with Crippen LogP contribution in [0.5, 0.6) is 0 Å². The zero-order valence-electron chi connectivity index (χ0n) is 10.6. The average Bonchev–Trinajstić information content (AvgIpc) is 2.46. The van der Waals surface area contributed by atoms with E-state index in [0.717, 1.165) is 27.4 Å². The Bertz CT molecular complexity index is 588. The smallest absolute Gasteiger partial charge is 0.194 e. The van der Waals surface area contributed by atoms with Gasteiger partial charge in [0.1, 0.15) is 0 Å². The average molecular weight is 382 g/mol. The summed E-state index contributed by atoms with van der Waals surface area (Å²) in [7, 11) is 0. The molecule has 0 spiro atoms. The van der Waals surface area contributed by atoms with Crippen molar-refractivity contribution in [3.8, 4) is 0 Å². The Labute approximate surface area is 130 Å². The first-order valence-electron chi connectivity index (χ1n) is 6.13. The maximum Gasteiger partial charge on any atom is 0.194 e. The van der Waals surface area contributed by atoms with E-state index in [9.17, 15) is 4.79 Å². The summed E-state index contributed by atoms with van der Waals surface area (Å²) in [5.41, 5.74) is 3.81. The normalized spacial score (nSPS) is 10.5. The number of ketones is 1. The zero-order chi connectivity index (χ0) is 13.8. The number of rotatable bonds is 4. The molecule has 98 valence electrons. The third-order valence-electron chi connectivity index (χ3n) is 3.06. The van der Waals surface area contributed by atoms with Gasteiger partial charge in [-0.2, -0.15) is 0 Å². The molecule has 2 aromatic rings. The molecule has 0 saturated carbocycles. The van der Waals surface area contributed by atoms with Gasteiger partial charge in [-0.05, 0) is 29.7 Å². The van der Waals surface area contributed by atoms with Crippen LogP contribution in [-0.4, -0.2) is 5.78 Å². The molecule has 0 amide bonds. The topological polar surface area (TPSA) is 17.1 Å². The van der Waals surface area contributed by atoms with Crippen LogP contribution < -0.4 is 0 Å². The van der Waals surface area contributed by atoms with Crippen molar-refractivity contribution in [2.24, 2.45) is 0 Å². The Morgan fingerprint density at radius 1 is 1.05 bits per heavy atom. The number of carbonyl (C=O) groups is 1. The van der Waals surface area contributed by atoms with Gasteiger partial charge in [0.05, 0.1) is 0 Å². The van der Waals surface area contributed by atoms with E-state index in [4.69, 9.17) is 0 Å². The van der Waals surface area contributed by atoms with Crippen LogP contribution in [0.4, 0.5) is 0 Å². The van der Waals surface area contributed by atoms with Crippen molar-refractivity contribution in [1.82, 2.24) is 0 Å². The molecular formula is C16H14Br2O. The fourth-order valence-electron chi connectivity index (χ4n) is 1.87. The Morgan fingerprint density at radius 2 is 1.68 bits per heavy atom. The molecule has 0 bridgehead atoms. The zero-order valence-corrected chi connectivity index (χ0v) is 13.8. The summed E-state index contributed by atoms with van der Waals surface area (Å²) >= 11 is 6.88. The maximum absolute atomic E-state index is 12.4. The molecule has 0 unspecified atom stereocenters. The minimum Gasteiger partial charge on any atom is -0.289 e. The van der Waals surface area contributed by atoms with Crippen LogP contribution in [0.25, 0.3) is 0 Å². The van der Waals surface area contributed by atoms with Crippen molar-refractivity contribution in [3.05, 3.63) is 69.2 Å². The van der Waals surface area contributed by atoms with Gasteiger partial charge in [-0.1, -0.05) is 69.1 Å². The second-order valence-corrected chi connectivity index (χ2v) is 5.74. The molecule has 0 aliphatic heterocycles. The first-order chi connectivity index (χ1) is 9.15. The monoisotopic (exact) mass is 380 g/mol. The van der Waals surface area contributed by atoms with E-state index < -0.39 is 0 Å². The molecule has 3 heteroatoms. The summed E-state index contributed by atoms with van der Waals surface area (Å²) in [6.45, 7) is 2.10. The molecule has 0 atom stereocenters. The highest BCUT2D eigenvalue weighted by atomic mass is 79.9. The molecular weight excluding hydrogens is 368 g/mol. The Morgan fingerprint density at radius 3 is 2.21 bits per heavy atom. The van der Waals surface area contributed by atoms with E-state index in [-0.39, 0.29) is 5.78 Å². The lowest BCUT2D eigenvalue weighted by Crippen LogP contribution is -2.02. The number of hydrogen-bond donors (Lipinski definition) is 0. The Hall–Kier alpha value is -0.930.